The molecular formula is C23H17N3O5. The smallest absolute Gasteiger partial charge is 0.269 e. The third-order valence-corrected chi connectivity index (χ3v) is 4.55. The number of fused-ring (bicyclic) bond motifs is 1. The van der Waals surface area contributed by atoms with Crippen LogP contribution in [0.1, 0.15) is 31.8 Å². The van der Waals surface area contributed by atoms with Crippen molar-refractivity contribution >= 4 is 11.8 Å². The first-order chi connectivity index (χ1) is 15.1. The van der Waals surface area contributed by atoms with Gasteiger partial charge < -0.3 is 14.2 Å². The average molecular weight is 415 g/mol. The highest BCUT2D eigenvalue weighted by atomic mass is 16.7. The topological polar surface area (TPSA) is 110 Å². The zero-order valence-corrected chi connectivity index (χ0v) is 16.3. The van der Waals surface area contributed by atoms with Crippen LogP contribution in [0.3, 0.4) is 0 Å². The van der Waals surface area contributed by atoms with Gasteiger partial charge in [0.05, 0.1) is 11.6 Å². The van der Waals surface area contributed by atoms with Gasteiger partial charge in [-0.3, -0.25) is 20.4 Å². The second kappa shape index (κ2) is 8.88. The molecule has 8 nitrogen and oxygen atoms in total. The van der Waals surface area contributed by atoms with E-state index in [1.807, 2.05) is 6.07 Å². The quantitative estimate of drug-likeness (QED) is 0.620. The Hall–Kier alpha value is -4.51. The molecule has 154 valence electrons. The summed E-state index contributed by atoms with van der Waals surface area (Å²) in [4.78, 5) is 24.7. The Morgan fingerprint density at radius 1 is 0.903 bits per heavy atom. The van der Waals surface area contributed by atoms with Gasteiger partial charge in [0.2, 0.25) is 6.79 Å². The molecule has 4 rings (SSSR count). The number of amides is 2. The molecule has 0 spiro atoms. The number of carbonyl (C=O) groups is 2. The summed E-state index contributed by atoms with van der Waals surface area (Å²) >= 11 is 0. The fourth-order valence-electron chi connectivity index (χ4n) is 2.94. The average Bonchev–Trinajstić information content (AvgIpc) is 3.29. The lowest BCUT2D eigenvalue weighted by atomic mass is 10.1. The maximum absolute atomic E-state index is 12.4. The van der Waals surface area contributed by atoms with E-state index < -0.39 is 11.8 Å². The Morgan fingerprint density at radius 2 is 1.65 bits per heavy atom. The number of benzene rings is 3. The van der Waals surface area contributed by atoms with E-state index in [1.165, 1.54) is 6.07 Å². The molecule has 0 aliphatic carbocycles. The highest BCUT2D eigenvalue weighted by molar-refractivity contribution is 5.99. The summed E-state index contributed by atoms with van der Waals surface area (Å²) in [7, 11) is 0. The molecule has 0 saturated heterocycles. The SMILES string of the molecule is N#Cc1ccccc1COc1cccc(C(=O)NNC(=O)c2ccc3c(c2)OCO3)c1. The Bertz CT molecular complexity index is 1190. The van der Waals surface area contributed by atoms with E-state index >= 15 is 0 Å². The fraction of sp³-hybridized carbons (Fsp3) is 0.0870. The second-order valence-corrected chi connectivity index (χ2v) is 6.56. The molecular weight excluding hydrogens is 398 g/mol. The first kappa shape index (κ1) is 19.8. The lowest BCUT2D eigenvalue weighted by Gasteiger charge is -2.10. The molecule has 1 aliphatic heterocycles. The highest BCUT2D eigenvalue weighted by Gasteiger charge is 2.17. The molecule has 0 bridgehead atoms. The molecule has 0 aromatic heterocycles. The van der Waals surface area contributed by atoms with Crippen LogP contribution in [0.25, 0.3) is 0 Å². The molecule has 0 atom stereocenters. The summed E-state index contributed by atoms with van der Waals surface area (Å²) in [6, 6.07) is 20.5. The first-order valence-electron chi connectivity index (χ1n) is 9.35. The van der Waals surface area contributed by atoms with E-state index in [-0.39, 0.29) is 13.4 Å². The molecule has 2 amide bonds. The lowest BCUT2D eigenvalue weighted by Crippen LogP contribution is -2.41. The van der Waals surface area contributed by atoms with Crippen LogP contribution >= 0.6 is 0 Å². The molecule has 0 fully saturated rings. The van der Waals surface area contributed by atoms with Gasteiger partial charge in [-0.15, -0.1) is 0 Å². The summed E-state index contributed by atoms with van der Waals surface area (Å²) in [6.45, 7) is 0.299. The van der Waals surface area contributed by atoms with Gasteiger partial charge in [-0.2, -0.15) is 5.26 Å². The van der Waals surface area contributed by atoms with Gasteiger partial charge in [0.1, 0.15) is 12.4 Å². The maximum atomic E-state index is 12.4. The number of carbonyl (C=O) groups excluding carboxylic acids is 2. The van der Waals surface area contributed by atoms with E-state index in [0.29, 0.717) is 33.9 Å². The van der Waals surface area contributed by atoms with Crippen LogP contribution in [0.4, 0.5) is 0 Å². The highest BCUT2D eigenvalue weighted by Crippen LogP contribution is 2.32. The van der Waals surface area contributed by atoms with Crippen LogP contribution in [0.2, 0.25) is 0 Å². The molecule has 3 aromatic carbocycles. The van der Waals surface area contributed by atoms with Crippen molar-refractivity contribution in [2.45, 2.75) is 6.61 Å². The van der Waals surface area contributed by atoms with Gasteiger partial charge in [-0.25, -0.2) is 0 Å². The Labute approximate surface area is 177 Å². The molecule has 0 unspecified atom stereocenters. The van der Waals surface area contributed by atoms with Gasteiger partial charge in [-0.1, -0.05) is 24.3 Å². The zero-order chi connectivity index (χ0) is 21.6. The predicted octanol–water partition coefficient (Wildman–Crippen LogP) is 2.94. The van der Waals surface area contributed by atoms with E-state index in [4.69, 9.17) is 19.5 Å². The number of nitrogens with one attached hydrogen (secondary N) is 2. The van der Waals surface area contributed by atoms with Gasteiger partial charge in [0.15, 0.2) is 11.5 Å². The Morgan fingerprint density at radius 3 is 2.45 bits per heavy atom. The van der Waals surface area contributed by atoms with Crippen molar-refractivity contribution in [1.82, 2.24) is 10.9 Å². The molecule has 0 radical (unpaired) electrons. The number of nitriles is 1. The molecule has 1 heterocycles. The number of ether oxygens (including phenoxy) is 3. The van der Waals surface area contributed by atoms with Crippen molar-refractivity contribution in [2.24, 2.45) is 0 Å². The number of hydrogen-bond donors (Lipinski definition) is 2. The molecule has 31 heavy (non-hydrogen) atoms. The maximum Gasteiger partial charge on any atom is 0.269 e. The molecule has 1 aliphatic rings. The first-order valence-corrected chi connectivity index (χ1v) is 9.35. The Balaban J connectivity index is 1.36. The normalized spacial score (nSPS) is 11.3. The standard InChI is InChI=1S/C23H17N3O5/c24-12-17-4-1-2-5-18(17)13-29-19-7-3-6-15(10-19)22(27)25-26-23(28)16-8-9-20-21(11-16)31-14-30-20/h1-11H,13-14H2,(H,25,27)(H,26,28). The van der Waals surface area contributed by atoms with Gasteiger partial charge in [0.25, 0.3) is 11.8 Å². The van der Waals surface area contributed by atoms with E-state index in [9.17, 15) is 9.59 Å². The third kappa shape index (κ3) is 4.57. The molecule has 3 aromatic rings. The van der Waals surface area contributed by atoms with Crippen molar-refractivity contribution < 1.29 is 23.8 Å². The van der Waals surface area contributed by atoms with Crippen LogP contribution in [-0.2, 0) is 6.61 Å². The van der Waals surface area contributed by atoms with Crippen molar-refractivity contribution in [3.05, 3.63) is 89.0 Å². The predicted molar refractivity (Wildman–Crippen MR) is 109 cm³/mol. The summed E-state index contributed by atoms with van der Waals surface area (Å²) in [5.74, 6) is 0.503. The van der Waals surface area contributed by atoms with Crippen LogP contribution in [-0.4, -0.2) is 18.6 Å². The van der Waals surface area contributed by atoms with Gasteiger partial charge >= 0.3 is 0 Å². The molecule has 2 N–H and O–H groups in total. The minimum atomic E-state index is -0.503. The lowest BCUT2D eigenvalue weighted by molar-refractivity contribution is 0.0846. The van der Waals surface area contributed by atoms with Crippen molar-refractivity contribution in [1.29, 1.82) is 5.26 Å². The van der Waals surface area contributed by atoms with Crippen LogP contribution in [0.15, 0.2) is 66.7 Å². The molecule has 8 heteroatoms. The summed E-state index contributed by atoms with van der Waals surface area (Å²) in [5, 5.41) is 9.16. The largest absolute Gasteiger partial charge is 0.489 e. The Kier molecular flexibility index (Phi) is 5.67. The number of hydrogen-bond acceptors (Lipinski definition) is 6. The van der Waals surface area contributed by atoms with Crippen LogP contribution < -0.4 is 25.1 Å². The number of nitrogens with zero attached hydrogens (tertiary/aromatic N) is 1. The van der Waals surface area contributed by atoms with E-state index in [2.05, 4.69) is 16.9 Å². The minimum absolute atomic E-state index is 0.109. The number of rotatable bonds is 5. The van der Waals surface area contributed by atoms with Gasteiger partial charge in [-0.05, 0) is 42.5 Å². The van der Waals surface area contributed by atoms with Crippen LogP contribution in [0, 0.1) is 11.3 Å². The zero-order valence-electron chi connectivity index (χ0n) is 16.3. The summed E-state index contributed by atoms with van der Waals surface area (Å²) in [6.07, 6.45) is 0. The van der Waals surface area contributed by atoms with Crippen molar-refractivity contribution in [2.75, 3.05) is 6.79 Å². The summed E-state index contributed by atoms with van der Waals surface area (Å²) in [5.41, 5.74) is 6.64. The van der Waals surface area contributed by atoms with E-state index in [0.717, 1.165) is 5.56 Å². The van der Waals surface area contributed by atoms with E-state index in [1.54, 1.807) is 54.6 Å². The summed E-state index contributed by atoms with van der Waals surface area (Å²) < 4.78 is 16.2. The van der Waals surface area contributed by atoms with Crippen molar-refractivity contribution in [3.63, 3.8) is 0 Å². The van der Waals surface area contributed by atoms with Crippen LogP contribution in [0.5, 0.6) is 17.2 Å². The fourth-order valence-corrected chi connectivity index (χ4v) is 2.94. The molecule has 0 saturated carbocycles. The number of hydrazine groups is 1. The third-order valence-electron chi connectivity index (χ3n) is 4.55. The monoisotopic (exact) mass is 415 g/mol. The minimum Gasteiger partial charge on any atom is -0.489 e. The van der Waals surface area contributed by atoms with Gasteiger partial charge in [0, 0.05) is 16.7 Å². The van der Waals surface area contributed by atoms with Crippen molar-refractivity contribution in [3.8, 4) is 23.3 Å². The second-order valence-electron chi connectivity index (χ2n) is 6.56.